The highest BCUT2D eigenvalue weighted by molar-refractivity contribution is 7.92. The van der Waals surface area contributed by atoms with E-state index in [1.807, 2.05) is 36.5 Å². The number of morpholine rings is 1. The molecule has 0 spiro atoms. The summed E-state index contributed by atoms with van der Waals surface area (Å²) < 4.78 is 26.1. The minimum absolute atomic E-state index is 0.184. The minimum atomic E-state index is -2.79. The molecule has 1 aromatic carbocycles. The lowest BCUT2D eigenvalue weighted by Gasteiger charge is -2.35. The number of pyridine rings is 1. The van der Waals surface area contributed by atoms with Gasteiger partial charge in [-0.05, 0) is 31.2 Å². The summed E-state index contributed by atoms with van der Waals surface area (Å²) in [5, 5.41) is 2.05. The molecule has 0 amide bonds. The number of anilines is 1. The number of rotatable bonds is 4. The van der Waals surface area contributed by atoms with Crippen LogP contribution in [0.25, 0.3) is 22.2 Å². The summed E-state index contributed by atoms with van der Waals surface area (Å²) in [5.74, 6) is 1.42. The van der Waals surface area contributed by atoms with E-state index in [1.54, 1.807) is 6.20 Å². The summed E-state index contributed by atoms with van der Waals surface area (Å²) in [5.41, 5.74) is 1.64. The topological polar surface area (TPSA) is 92.1 Å². The van der Waals surface area contributed by atoms with Crippen LogP contribution in [0.4, 0.5) is 5.82 Å². The average molecular weight is 424 g/mol. The van der Waals surface area contributed by atoms with Gasteiger partial charge in [-0.2, -0.15) is 0 Å². The van der Waals surface area contributed by atoms with E-state index in [4.69, 9.17) is 19.5 Å². The van der Waals surface area contributed by atoms with Crippen molar-refractivity contribution >= 4 is 26.3 Å². The Bertz CT molecular complexity index is 1220. The third-order valence-electron chi connectivity index (χ3n) is 6.21. The van der Waals surface area contributed by atoms with E-state index in [1.165, 1.54) is 6.26 Å². The Morgan fingerprint density at radius 1 is 1.27 bits per heavy atom. The molecule has 1 saturated carbocycles. The predicted octanol–water partition coefficient (Wildman–Crippen LogP) is 3.58. The van der Waals surface area contributed by atoms with Crippen LogP contribution in [0.2, 0.25) is 0 Å². The molecule has 2 aromatic heterocycles. The van der Waals surface area contributed by atoms with Gasteiger partial charge in [0.05, 0.1) is 39.4 Å². The first-order valence-corrected chi connectivity index (χ1v) is 12.2. The molecule has 1 N–H and O–H groups in total. The maximum absolute atomic E-state index is 12.8. The van der Waals surface area contributed by atoms with Gasteiger partial charge in [-0.25, -0.2) is 14.2 Å². The van der Waals surface area contributed by atoms with Crippen molar-refractivity contribution in [3.63, 3.8) is 0 Å². The normalized spacial score (nSPS) is 22.6. The second-order valence-electron chi connectivity index (χ2n) is 8.29. The van der Waals surface area contributed by atoms with Crippen LogP contribution in [0.3, 0.4) is 0 Å². The Kier molecular flexibility index (Phi) is 4.52. The van der Waals surface area contributed by atoms with E-state index in [-0.39, 0.29) is 6.04 Å². The Hall–Kier alpha value is -2.58. The van der Waals surface area contributed by atoms with Crippen LogP contribution in [0.15, 0.2) is 42.7 Å². The Balaban J connectivity index is 1.73. The van der Waals surface area contributed by atoms with Gasteiger partial charge >= 0.3 is 0 Å². The summed E-state index contributed by atoms with van der Waals surface area (Å²) in [7, 11) is -2.79. The molecule has 5 rings (SSSR count). The van der Waals surface area contributed by atoms with E-state index in [9.17, 15) is 4.21 Å². The summed E-state index contributed by atoms with van der Waals surface area (Å²) in [6, 6.07) is 10.1. The SMILES string of the molecule is C[C@@H]1COCCN1c1cc(C2(S(C)(=N)=O)CC2)nc(-c2cccc3cnccc23)n1. The molecule has 156 valence electrons. The van der Waals surface area contributed by atoms with E-state index in [0.29, 0.717) is 19.0 Å². The molecule has 1 unspecified atom stereocenters. The standard InChI is InChI=1S/C22H25N5O2S/c1-15-14-29-11-10-27(15)20-12-19(22(7-8-22)30(2,23)28)25-21(26-20)18-5-3-4-16-13-24-9-6-17(16)18/h3-6,9,12-13,15,23H,7-8,10-11,14H2,1-2H3/t15-,30?/m1/s1. The monoisotopic (exact) mass is 423 g/mol. The third kappa shape index (κ3) is 3.15. The number of nitrogens with one attached hydrogen (secondary N) is 1. The molecule has 2 fully saturated rings. The van der Waals surface area contributed by atoms with Gasteiger partial charge in [0.25, 0.3) is 0 Å². The van der Waals surface area contributed by atoms with Crippen LogP contribution >= 0.6 is 0 Å². The van der Waals surface area contributed by atoms with Crippen molar-refractivity contribution in [1.82, 2.24) is 15.0 Å². The first-order valence-electron chi connectivity index (χ1n) is 10.2. The first kappa shape index (κ1) is 19.4. The van der Waals surface area contributed by atoms with E-state index in [0.717, 1.165) is 47.2 Å². The molecule has 3 aromatic rings. The van der Waals surface area contributed by atoms with E-state index in [2.05, 4.69) is 16.8 Å². The van der Waals surface area contributed by atoms with Crippen molar-refractivity contribution in [3.05, 3.63) is 48.4 Å². The molecule has 1 aliphatic carbocycles. The molecule has 2 aliphatic rings. The number of hydrogen-bond donors (Lipinski definition) is 1. The summed E-state index contributed by atoms with van der Waals surface area (Å²) in [6.45, 7) is 4.15. The molecular formula is C22H25N5O2S. The molecule has 3 heterocycles. The molecular weight excluding hydrogens is 398 g/mol. The molecule has 8 heteroatoms. The predicted molar refractivity (Wildman–Crippen MR) is 118 cm³/mol. The summed E-state index contributed by atoms with van der Waals surface area (Å²) >= 11 is 0. The molecule has 1 aliphatic heterocycles. The quantitative estimate of drug-likeness (QED) is 0.690. The zero-order chi connectivity index (χ0) is 20.9. The molecule has 2 atom stereocenters. The highest BCUT2D eigenvalue weighted by Crippen LogP contribution is 2.52. The fourth-order valence-corrected chi connectivity index (χ4v) is 5.66. The smallest absolute Gasteiger partial charge is 0.162 e. The first-order chi connectivity index (χ1) is 14.4. The molecule has 0 bridgehead atoms. The molecule has 7 nitrogen and oxygen atoms in total. The van der Waals surface area contributed by atoms with Crippen molar-refractivity contribution < 1.29 is 8.95 Å². The van der Waals surface area contributed by atoms with Crippen LogP contribution in [0.5, 0.6) is 0 Å². The fraction of sp³-hybridized carbons (Fsp3) is 0.409. The number of ether oxygens (including phenoxy) is 1. The van der Waals surface area contributed by atoms with Crippen molar-refractivity contribution in [2.24, 2.45) is 0 Å². The lowest BCUT2D eigenvalue weighted by molar-refractivity contribution is 0.0985. The highest BCUT2D eigenvalue weighted by Gasteiger charge is 2.53. The zero-order valence-electron chi connectivity index (χ0n) is 17.2. The number of fused-ring (bicyclic) bond motifs is 1. The van der Waals surface area contributed by atoms with Gasteiger partial charge < -0.3 is 9.64 Å². The van der Waals surface area contributed by atoms with Crippen molar-refractivity contribution in [2.75, 3.05) is 30.9 Å². The van der Waals surface area contributed by atoms with Crippen molar-refractivity contribution in [3.8, 4) is 11.4 Å². The fourth-order valence-electron chi connectivity index (χ4n) is 4.28. The van der Waals surface area contributed by atoms with Crippen LogP contribution in [-0.4, -0.2) is 51.2 Å². The Morgan fingerprint density at radius 3 is 2.83 bits per heavy atom. The highest BCUT2D eigenvalue weighted by atomic mass is 32.2. The van der Waals surface area contributed by atoms with Gasteiger partial charge in [-0.1, -0.05) is 18.2 Å². The number of nitrogens with zero attached hydrogens (tertiary/aromatic N) is 4. The maximum Gasteiger partial charge on any atom is 0.162 e. The summed E-state index contributed by atoms with van der Waals surface area (Å²) in [4.78, 5) is 16.3. The van der Waals surface area contributed by atoms with Gasteiger partial charge in [-0.15, -0.1) is 0 Å². The van der Waals surface area contributed by atoms with Gasteiger partial charge in [0, 0.05) is 42.2 Å². The van der Waals surface area contributed by atoms with Gasteiger partial charge in [0.1, 0.15) is 5.82 Å². The average Bonchev–Trinajstić information content (AvgIpc) is 3.56. The minimum Gasteiger partial charge on any atom is -0.377 e. The van der Waals surface area contributed by atoms with E-state index < -0.39 is 14.5 Å². The number of benzene rings is 1. The number of hydrogen-bond acceptors (Lipinski definition) is 7. The largest absolute Gasteiger partial charge is 0.377 e. The lowest BCUT2D eigenvalue weighted by Crippen LogP contribution is -2.44. The Morgan fingerprint density at radius 2 is 2.10 bits per heavy atom. The van der Waals surface area contributed by atoms with Crippen LogP contribution in [0.1, 0.15) is 25.5 Å². The van der Waals surface area contributed by atoms with E-state index >= 15 is 0 Å². The second-order valence-corrected chi connectivity index (χ2v) is 10.8. The van der Waals surface area contributed by atoms with Gasteiger partial charge in [-0.3, -0.25) is 9.76 Å². The van der Waals surface area contributed by atoms with Gasteiger partial charge in [0.2, 0.25) is 0 Å². The lowest BCUT2D eigenvalue weighted by atomic mass is 10.1. The molecule has 0 radical (unpaired) electrons. The summed E-state index contributed by atoms with van der Waals surface area (Å²) in [6.07, 6.45) is 6.58. The van der Waals surface area contributed by atoms with Crippen molar-refractivity contribution in [1.29, 1.82) is 4.78 Å². The van der Waals surface area contributed by atoms with Gasteiger partial charge in [0.15, 0.2) is 5.82 Å². The Labute approximate surface area is 176 Å². The maximum atomic E-state index is 12.8. The zero-order valence-corrected chi connectivity index (χ0v) is 18.0. The van der Waals surface area contributed by atoms with Crippen molar-refractivity contribution in [2.45, 2.75) is 30.6 Å². The molecule has 30 heavy (non-hydrogen) atoms. The van der Waals surface area contributed by atoms with Crippen LogP contribution in [-0.2, 0) is 19.2 Å². The third-order valence-corrected chi connectivity index (χ3v) is 8.32. The van der Waals surface area contributed by atoms with Crippen LogP contribution in [0, 0.1) is 4.78 Å². The second kappa shape index (κ2) is 6.99. The number of aromatic nitrogens is 3. The molecule has 1 saturated heterocycles. The van der Waals surface area contributed by atoms with Crippen LogP contribution < -0.4 is 4.90 Å².